The Morgan fingerprint density at radius 2 is 2.10 bits per heavy atom. The molecule has 3 rings (SSSR count). The van der Waals surface area contributed by atoms with Crippen molar-refractivity contribution in [2.24, 2.45) is 0 Å². The van der Waals surface area contributed by atoms with E-state index >= 15 is 0 Å². The van der Waals surface area contributed by atoms with Crippen molar-refractivity contribution in [2.45, 2.75) is 31.8 Å². The highest BCUT2D eigenvalue weighted by Gasteiger charge is 2.20. The molecule has 0 aliphatic heterocycles. The maximum atomic E-state index is 6.37. The smallest absolute Gasteiger partial charge is 0.177 e. The summed E-state index contributed by atoms with van der Waals surface area (Å²) < 4.78 is 12.8. The zero-order chi connectivity index (χ0) is 13.9. The Labute approximate surface area is 123 Å². The molecular weight excluding hydrogens is 276 g/mol. The van der Waals surface area contributed by atoms with E-state index in [1.165, 1.54) is 12.8 Å². The third-order valence-corrected chi connectivity index (χ3v) is 3.92. The van der Waals surface area contributed by atoms with Crippen LogP contribution < -0.4 is 9.47 Å². The van der Waals surface area contributed by atoms with Gasteiger partial charge >= 0.3 is 0 Å². The molecule has 1 aromatic carbocycles. The van der Waals surface area contributed by atoms with Gasteiger partial charge in [0.15, 0.2) is 10.9 Å². The van der Waals surface area contributed by atoms with Crippen molar-refractivity contribution >= 4 is 11.6 Å². The van der Waals surface area contributed by atoms with Crippen molar-refractivity contribution in [3.63, 3.8) is 0 Å². The van der Waals surface area contributed by atoms with E-state index in [1.807, 2.05) is 24.3 Å². The van der Waals surface area contributed by atoms with Crippen LogP contribution in [0.2, 0.25) is 5.15 Å². The van der Waals surface area contributed by atoms with E-state index in [4.69, 9.17) is 21.1 Å². The van der Waals surface area contributed by atoms with Crippen molar-refractivity contribution < 1.29 is 9.47 Å². The second kappa shape index (κ2) is 5.75. The Balaban J connectivity index is 1.85. The standard InChI is InChI=1S/C15H17ClN2O2/c1-19-13-8-4-5-11(9-13)18-15(16)14(10-17-18)20-12-6-2-3-7-12/h4-5,8-10,12H,2-3,6-7H2,1H3. The fourth-order valence-electron chi connectivity index (χ4n) is 2.51. The van der Waals surface area contributed by atoms with Gasteiger partial charge < -0.3 is 9.47 Å². The van der Waals surface area contributed by atoms with Crippen LogP contribution in [0.5, 0.6) is 11.5 Å². The molecule has 1 saturated carbocycles. The van der Waals surface area contributed by atoms with Crippen LogP contribution >= 0.6 is 11.6 Å². The molecule has 1 aliphatic rings. The van der Waals surface area contributed by atoms with E-state index < -0.39 is 0 Å². The first-order valence-corrected chi connectivity index (χ1v) is 7.20. The zero-order valence-corrected chi connectivity index (χ0v) is 12.1. The van der Waals surface area contributed by atoms with Crippen LogP contribution in [0.25, 0.3) is 5.69 Å². The molecule has 1 aromatic heterocycles. The highest BCUT2D eigenvalue weighted by molar-refractivity contribution is 6.31. The average Bonchev–Trinajstić information content (AvgIpc) is 3.11. The summed E-state index contributed by atoms with van der Waals surface area (Å²) in [5, 5.41) is 4.81. The largest absolute Gasteiger partial charge is 0.497 e. The molecule has 106 valence electrons. The first kappa shape index (κ1) is 13.3. The number of hydrogen-bond donors (Lipinski definition) is 0. The lowest BCUT2D eigenvalue weighted by Gasteiger charge is -2.11. The molecular formula is C15H17ClN2O2. The summed E-state index contributed by atoms with van der Waals surface area (Å²) in [5.41, 5.74) is 0.857. The van der Waals surface area contributed by atoms with E-state index in [1.54, 1.807) is 18.0 Å². The number of methoxy groups -OCH3 is 1. The predicted molar refractivity (Wildman–Crippen MR) is 78.0 cm³/mol. The summed E-state index contributed by atoms with van der Waals surface area (Å²) in [6.45, 7) is 0. The minimum absolute atomic E-state index is 0.274. The zero-order valence-electron chi connectivity index (χ0n) is 11.4. The van der Waals surface area contributed by atoms with Crippen LogP contribution in [0, 0.1) is 0 Å². The number of hydrogen-bond acceptors (Lipinski definition) is 3. The third-order valence-electron chi connectivity index (χ3n) is 3.57. The molecule has 0 N–H and O–H groups in total. The van der Waals surface area contributed by atoms with Gasteiger partial charge in [0.2, 0.25) is 0 Å². The molecule has 5 heteroatoms. The van der Waals surface area contributed by atoms with E-state index in [0.29, 0.717) is 10.9 Å². The third kappa shape index (κ3) is 2.61. The summed E-state index contributed by atoms with van der Waals surface area (Å²) in [7, 11) is 1.64. The highest BCUT2D eigenvalue weighted by Crippen LogP contribution is 2.31. The van der Waals surface area contributed by atoms with Crippen molar-refractivity contribution in [3.05, 3.63) is 35.6 Å². The van der Waals surface area contributed by atoms with Gasteiger partial charge in [-0.2, -0.15) is 5.10 Å². The summed E-state index contributed by atoms with van der Waals surface area (Å²) in [5.74, 6) is 1.42. The second-order valence-electron chi connectivity index (χ2n) is 4.94. The molecule has 0 spiro atoms. The first-order valence-electron chi connectivity index (χ1n) is 6.82. The molecule has 0 amide bonds. The Morgan fingerprint density at radius 1 is 1.30 bits per heavy atom. The minimum atomic E-state index is 0.274. The van der Waals surface area contributed by atoms with Gasteiger partial charge in [-0.25, -0.2) is 4.68 Å². The molecule has 20 heavy (non-hydrogen) atoms. The molecule has 0 saturated heterocycles. The van der Waals surface area contributed by atoms with Crippen molar-refractivity contribution in [1.82, 2.24) is 9.78 Å². The summed E-state index contributed by atoms with van der Waals surface area (Å²) >= 11 is 6.37. The van der Waals surface area contributed by atoms with Crippen LogP contribution in [0.4, 0.5) is 0 Å². The number of nitrogens with zero attached hydrogens (tertiary/aromatic N) is 2. The lowest BCUT2D eigenvalue weighted by molar-refractivity contribution is 0.210. The van der Waals surface area contributed by atoms with E-state index in [2.05, 4.69) is 5.10 Å². The molecule has 1 fully saturated rings. The fourth-order valence-corrected chi connectivity index (χ4v) is 2.74. The van der Waals surface area contributed by atoms with Crippen molar-refractivity contribution in [2.75, 3.05) is 7.11 Å². The minimum Gasteiger partial charge on any atom is -0.497 e. The van der Waals surface area contributed by atoms with Gasteiger partial charge in [0.1, 0.15) is 5.75 Å². The van der Waals surface area contributed by atoms with Gasteiger partial charge in [0.05, 0.1) is 25.1 Å². The summed E-state index contributed by atoms with van der Waals surface area (Å²) in [4.78, 5) is 0. The lowest BCUT2D eigenvalue weighted by Crippen LogP contribution is -2.10. The van der Waals surface area contributed by atoms with Crippen LogP contribution in [0.1, 0.15) is 25.7 Å². The van der Waals surface area contributed by atoms with Gasteiger partial charge in [-0.05, 0) is 37.8 Å². The number of benzene rings is 1. The monoisotopic (exact) mass is 292 g/mol. The van der Waals surface area contributed by atoms with Gasteiger partial charge in [0, 0.05) is 6.07 Å². The number of aromatic nitrogens is 2. The molecule has 0 radical (unpaired) electrons. The predicted octanol–water partition coefficient (Wildman–Crippen LogP) is 3.86. The molecule has 4 nitrogen and oxygen atoms in total. The second-order valence-corrected chi connectivity index (χ2v) is 5.30. The van der Waals surface area contributed by atoms with Crippen LogP contribution in [0.3, 0.4) is 0 Å². The number of halogens is 1. The van der Waals surface area contributed by atoms with E-state index in [-0.39, 0.29) is 6.10 Å². The normalized spacial score (nSPS) is 15.5. The molecule has 1 aliphatic carbocycles. The maximum absolute atomic E-state index is 6.37. The Morgan fingerprint density at radius 3 is 2.85 bits per heavy atom. The fraction of sp³-hybridized carbons (Fsp3) is 0.400. The van der Waals surface area contributed by atoms with E-state index in [9.17, 15) is 0 Å². The summed E-state index contributed by atoms with van der Waals surface area (Å²) in [6.07, 6.45) is 6.61. The van der Waals surface area contributed by atoms with Crippen LogP contribution in [-0.4, -0.2) is 23.0 Å². The Hall–Kier alpha value is -1.68. The van der Waals surface area contributed by atoms with Crippen molar-refractivity contribution in [1.29, 1.82) is 0 Å². The molecule has 0 unspecified atom stereocenters. The lowest BCUT2D eigenvalue weighted by atomic mass is 10.3. The SMILES string of the molecule is COc1cccc(-n2ncc(OC3CCCC3)c2Cl)c1. The van der Waals surface area contributed by atoms with Crippen LogP contribution in [-0.2, 0) is 0 Å². The number of rotatable bonds is 4. The highest BCUT2D eigenvalue weighted by atomic mass is 35.5. The Kier molecular flexibility index (Phi) is 3.83. The topological polar surface area (TPSA) is 36.3 Å². The van der Waals surface area contributed by atoms with Crippen molar-refractivity contribution in [3.8, 4) is 17.2 Å². The summed E-state index contributed by atoms with van der Waals surface area (Å²) in [6, 6.07) is 7.61. The molecule has 1 heterocycles. The van der Waals surface area contributed by atoms with Gasteiger partial charge in [-0.3, -0.25) is 0 Å². The Bertz CT molecular complexity index is 591. The molecule has 2 aromatic rings. The van der Waals surface area contributed by atoms with Crippen LogP contribution in [0.15, 0.2) is 30.5 Å². The van der Waals surface area contributed by atoms with Gasteiger partial charge in [0.25, 0.3) is 0 Å². The van der Waals surface area contributed by atoms with E-state index in [0.717, 1.165) is 24.3 Å². The van der Waals surface area contributed by atoms with Gasteiger partial charge in [-0.15, -0.1) is 0 Å². The maximum Gasteiger partial charge on any atom is 0.177 e. The molecule has 0 atom stereocenters. The molecule has 0 bridgehead atoms. The first-order chi connectivity index (χ1) is 9.78. The number of ether oxygens (including phenoxy) is 2. The van der Waals surface area contributed by atoms with Gasteiger partial charge in [-0.1, -0.05) is 17.7 Å². The quantitative estimate of drug-likeness (QED) is 0.858. The average molecular weight is 293 g/mol.